The van der Waals surface area contributed by atoms with Crippen molar-refractivity contribution in [3.63, 3.8) is 0 Å². The van der Waals surface area contributed by atoms with E-state index in [1.54, 1.807) is 0 Å². The number of rotatable bonds is 5. The number of nitrogens with zero attached hydrogens (tertiary/aromatic N) is 3. The molecule has 1 aliphatic carbocycles. The van der Waals surface area contributed by atoms with Crippen LogP contribution >= 0.6 is 0 Å². The predicted octanol–water partition coefficient (Wildman–Crippen LogP) is 3.60. The van der Waals surface area contributed by atoms with Crippen molar-refractivity contribution in [2.75, 3.05) is 26.2 Å². The van der Waals surface area contributed by atoms with E-state index in [4.69, 9.17) is 0 Å². The van der Waals surface area contributed by atoms with Crippen molar-refractivity contribution in [3.05, 3.63) is 30.1 Å². The van der Waals surface area contributed by atoms with E-state index in [-0.39, 0.29) is 5.92 Å². The zero-order valence-electron chi connectivity index (χ0n) is 17.9. The predicted molar refractivity (Wildman–Crippen MR) is 116 cm³/mol. The minimum Gasteiger partial charge on any atom is -0.353 e. The Hall–Kier alpha value is -1.46. The molecule has 1 aromatic rings. The van der Waals surface area contributed by atoms with Gasteiger partial charge in [0, 0.05) is 37.6 Å². The summed E-state index contributed by atoms with van der Waals surface area (Å²) in [5.74, 6) is 0.526. The van der Waals surface area contributed by atoms with Crippen LogP contribution in [0.2, 0.25) is 0 Å². The summed E-state index contributed by atoms with van der Waals surface area (Å²) in [7, 11) is 0. The Morgan fingerprint density at radius 1 is 0.931 bits per heavy atom. The maximum atomic E-state index is 12.9. The average Bonchev–Trinajstić information content (AvgIpc) is 3.04. The van der Waals surface area contributed by atoms with Gasteiger partial charge in [-0.1, -0.05) is 25.7 Å². The van der Waals surface area contributed by atoms with Crippen LogP contribution in [0, 0.1) is 5.92 Å². The van der Waals surface area contributed by atoms with E-state index < -0.39 is 0 Å². The molecule has 0 spiro atoms. The SMILES string of the molecule is O=C(NC1CCCCCC1)C1CCCN(C2CCN(Cc3ccncc3)CC2)C1. The Kier molecular flexibility index (Phi) is 7.55. The molecule has 0 bridgehead atoms. The zero-order valence-corrected chi connectivity index (χ0v) is 17.9. The van der Waals surface area contributed by atoms with Crippen molar-refractivity contribution in [3.8, 4) is 0 Å². The second-order valence-electron chi connectivity index (χ2n) is 9.39. The maximum Gasteiger partial charge on any atom is 0.224 e. The summed E-state index contributed by atoms with van der Waals surface area (Å²) in [5.41, 5.74) is 1.35. The molecular weight excluding hydrogens is 360 g/mol. The minimum atomic E-state index is 0.196. The lowest BCUT2D eigenvalue weighted by Gasteiger charge is -2.42. The van der Waals surface area contributed by atoms with Crippen LogP contribution in [0.5, 0.6) is 0 Å². The minimum absolute atomic E-state index is 0.196. The van der Waals surface area contributed by atoms with Crippen molar-refractivity contribution in [2.24, 2.45) is 5.92 Å². The van der Waals surface area contributed by atoms with Gasteiger partial charge in [-0.3, -0.25) is 19.6 Å². The van der Waals surface area contributed by atoms with Crippen LogP contribution < -0.4 is 5.32 Å². The number of piperidine rings is 2. The number of hydrogen-bond acceptors (Lipinski definition) is 4. The third kappa shape index (κ3) is 6.02. The summed E-state index contributed by atoms with van der Waals surface area (Å²) in [6, 6.07) is 5.32. The van der Waals surface area contributed by atoms with Crippen LogP contribution in [0.1, 0.15) is 69.8 Å². The number of likely N-dealkylation sites (tertiary alicyclic amines) is 2. The largest absolute Gasteiger partial charge is 0.353 e. The van der Waals surface area contributed by atoms with Gasteiger partial charge in [-0.2, -0.15) is 0 Å². The maximum absolute atomic E-state index is 12.9. The van der Waals surface area contributed by atoms with Gasteiger partial charge in [0.1, 0.15) is 0 Å². The first kappa shape index (κ1) is 20.8. The molecule has 2 aliphatic heterocycles. The molecule has 0 aromatic carbocycles. The highest BCUT2D eigenvalue weighted by Crippen LogP contribution is 2.25. The molecular formula is C24H38N4O. The molecule has 1 amide bonds. The Labute approximate surface area is 176 Å². The molecule has 2 saturated heterocycles. The Morgan fingerprint density at radius 2 is 1.66 bits per heavy atom. The van der Waals surface area contributed by atoms with Gasteiger partial charge in [0.25, 0.3) is 0 Å². The molecule has 5 heteroatoms. The van der Waals surface area contributed by atoms with Crippen LogP contribution in [0.15, 0.2) is 24.5 Å². The number of pyridine rings is 1. The lowest BCUT2D eigenvalue weighted by Crippen LogP contribution is -2.51. The molecule has 1 saturated carbocycles. The summed E-state index contributed by atoms with van der Waals surface area (Å²) in [4.78, 5) is 22.2. The third-order valence-electron chi connectivity index (χ3n) is 7.25. The first-order valence-corrected chi connectivity index (χ1v) is 11.9. The second kappa shape index (κ2) is 10.5. The summed E-state index contributed by atoms with van der Waals surface area (Å²) >= 11 is 0. The molecule has 3 heterocycles. The zero-order chi connectivity index (χ0) is 19.9. The van der Waals surface area contributed by atoms with Gasteiger partial charge < -0.3 is 5.32 Å². The first-order chi connectivity index (χ1) is 14.3. The number of hydrogen-bond donors (Lipinski definition) is 1. The highest BCUT2D eigenvalue weighted by atomic mass is 16.2. The standard InChI is InChI=1S/C24H38N4O/c29-24(26-22-7-3-1-2-4-8-22)21-6-5-15-28(19-21)23-11-16-27(17-12-23)18-20-9-13-25-14-10-20/h9-10,13-14,21-23H,1-8,11-12,15-19H2,(H,26,29). The summed E-state index contributed by atoms with van der Waals surface area (Å²) < 4.78 is 0. The third-order valence-corrected chi connectivity index (χ3v) is 7.25. The number of carbonyl (C=O) groups excluding carboxylic acids is 1. The van der Waals surface area contributed by atoms with Crippen molar-refractivity contribution in [1.29, 1.82) is 0 Å². The molecule has 160 valence electrons. The summed E-state index contributed by atoms with van der Waals surface area (Å²) in [5, 5.41) is 3.41. The first-order valence-electron chi connectivity index (χ1n) is 11.9. The van der Waals surface area contributed by atoms with Gasteiger partial charge in [-0.15, -0.1) is 0 Å². The molecule has 3 aliphatic rings. The molecule has 5 nitrogen and oxygen atoms in total. The Morgan fingerprint density at radius 3 is 2.38 bits per heavy atom. The van der Waals surface area contributed by atoms with Gasteiger partial charge in [-0.25, -0.2) is 0 Å². The van der Waals surface area contributed by atoms with Crippen LogP contribution in [-0.2, 0) is 11.3 Å². The van der Waals surface area contributed by atoms with Gasteiger partial charge in [0.2, 0.25) is 5.91 Å². The van der Waals surface area contributed by atoms with Gasteiger partial charge in [-0.05, 0) is 75.9 Å². The smallest absolute Gasteiger partial charge is 0.224 e. The van der Waals surface area contributed by atoms with E-state index in [2.05, 4.69) is 32.2 Å². The molecule has 1 aromatic heterocycles. The van der Waals surface area contributed by atoms with Crippen LogP contribution in [0.25, 0.3) is 0 Å². The second-order valence-corrected chi connectivity index (χ2v) is 9.39. The van der Waals surface area contributed by atoms with Crippen LogP contribution in [0.3, 0.4) is 0 Å². The van der Waals surface area contributed by atoms with Crippen molar-refractivity contribution < 1.29 is 4.79 Å². The fourth-order valence-corrected chi connectivity index (χ4v) is 5.48. The monoisotopic (exact) mass is 398 g/mol. The van der Waals surface area contributed by atoms with E-state index in [0.29, 0.717) is 18.0 Å². The fourth-order valence-electron chi connectivity index (χ4n) is 5.48. The Balaban J connectivity index is 1.23. The van der Waals surface area contributed by atoms with Crippen molar-refractivity contribution in [1.82, 2.24) is 20.1 Å². The van der Waals surface area contributed by atoms with E-state index in [9.17, 15) is 4.79 Å². The van der Waals surface area contributed by atoms with Crippen LogP contribution in [-0.4, -0.2) is 59.0 Å². The normalized spacial score (nSPS) is 26.1. The number of amides is 1. The molecule has 1 N–H and O–H groups in total. The van der Waals surface area contributed by atoms with E-state index >= 15 is 0 Å². The fraction of sp³-hybridized carbons (Fsp3) is 0.750. The summed E-state index contributed by atoms with van der Waals surface area (Å²) in [6.07, 6.45) is 16.0. The quantitative estimate of drug-likeness (QED) is 0.770. The number of carbonyl (C=O) groups is 1. The highest BCUT2D eigenvalue weighted by molar-refractivity contribution is 5.79. The topological polar surface area (TPSA) is 48.5 Å². The highest BCUT2D eigenvalue weighted by Gasteiger charge is 2.32. The van der Waals surface area contributed by atoms with Gasteiger partial charge in [0.05, 0.1) is 5.92 Å². The summed E-state index contributed by atoms with van der Waals surface area (Å²) in [6.45, 7) is 5.47. The lowest BCUT2D eigenvalue weighted by atomic mass is 9.92. The van der Waals surface area contributed by atoms with E-state index in [1.807, 2.05) is 12.4 Å². The average molecular weight is 399 g/mol. The molecule has 0 radical (unpaired) electrons. The van der Waals surface area contributed by atoms with E-state index in [1.165, 1.54) is 69.9 Å². The lowest BCUT2D eigenvalue weighted by molar-refractivity contribution is -0.128. The van der Waals surface area contributed by atoms with Crippen molar-refractivity contribution >= 4 is 5.91 Å². The molecule has 3 fully saturated rings. The molecule has 1 unspecified atom stereocenters. The van der Waals surface area contributed by atoms with Gasteiger partial charge in [0.15, 0.2) is 0 Å². The van der Waals surface area contributed by atoms with Crippen molar-refractivity contribution in [2.45, 2.75) is 82.8 Å². The van der Waals surface area contributed by atoms with Crippen LogP contribution in [0.4, 0.5) is 0 Å². The van der Waals surface area contributed by atoms with Gasteiger partial charge >= 0.3 is 0 Å². The number of nitrogens with one attached hydrogen (secondary N) is 1. The molecule has 4 rings (SSSR count). The molecule has 29 heavy (non-hydrogen) atoms. The molecule has 1 atom stereocenters. The Bertz CT molecular complexity index is 621. The number of aromatic nitrogens is 1. The van der Waals surface area contributed by atoms with E-state index in [0.717, 1.165) is 32.6 Å².